The normalized spacial score (nSPS) is 13.8. The number of fused-ring (bicyclic) bond motifs is 2. The van der Waals surface area contributed by atoms with E-state index in [1.165, 1.54) is 154 Å². The first-order valence-corrected chi connectivity index (χ1v) is 24.1. The Morgan fingerprint density at radius 3 is 1.25 bits per heavy atom. The van der Waals surface area contributed by atoms with Gasteiger partial charge in [0.2, 0.25) is 0 Å². The molecule has 57 heavy (non-hydrogen) atoms. The summed E-state index contributed by atoms with van der Waals surface area (Å²) in [6, 6.07) is 41.3. The molecule has 7 heteroatoms. The zero-order valence-electron chi connectivity index (χ0n) is 33.9. The molecule has 0 nitrogen and oxygen atoms in total. The Morgan fingerprint density at radius 1 is 0.614 bits per heavy atom. The summed E-state index contributed by atoms with van der Waals surface area (Å²) in [7, 11) is 0. The van der Waals surface area contributed by atoms with Gasteiger partial charge in [-0.1, -0.05) is 143 Å². The second-order valence-corrected chi connectivity index (χ2v) is 15.0. The van der Waals surface area contributed by atoms with E-state index >= 15 is 0 Å². The van der Waals surface area contributed by atoms with Gasteiger partial charge < -0.3 is 14.4 Å². The summed E-state index contributed by atoms with van der Waals surface area (Å²) in [5.74, 6) is 1.83. The molecular formula is C50H59Cl2F3SiZr-4. The van der Waals surface area contributed by atoms with E-state index in [2.05, 4.69) is 137 Å². The number of hydrogen-bond acceptors (Lipinski definition) is 0. The topological polar surface area (TPSA) is 0 Å². The first kappa shape index (κ1) is 50.7. The van der Waals surface area contributed by atoms with Crippen molar-refractivity contribution in [3.63, 3.8) is 0 Å². The first-order valence-electron chi connectivity index (χ1n) is 19.9. The predicted molar refractivity (Wildman–Crippen MR) is 243 cm³/mol. The molecule has 6 aromatic carbocycles. The molecule has 306 valence electrons. The van der Waals surface area contributed by atoms with Crippen molar-refractivity contribution in [1.82, 2.24) is 0 Å². The number of hydrogen-bond donors (Lipinski definition) is 0. The van der Waals surface area contributed by atoms with Gasteiger partial charge in [0.25, 0.3) is 0 Å². The maximum atomic E-state index is 10.7. The van der Waals surface area contributed by atoms with Crippen LogP contribution < -0.4 is 0 Å². The van der Waals surface area contributed by atoms with Crippen molar-refractivity contribution in [2.45, 2.75) is 103 Å². The van der Waals surface area contributed by atoms with Crippen molar-refractivity contribution in [1.29, 1.82) is 0 Å². The van der Waals surface area contributed by atoms with E-state index in [0.717, 1.165) is 24.7 Å². The van der Waals surface area contributed by atoms with Crippen LogP contribution in [-0.2, 0) is 49.0 Å². The minimum atomic E-state index is -4.07. The fraction of sp³-hybridized carbons (Fsp3) is 0.360. The molecule has 0 atom stereocenters. The van der Waals surface area contributed by atoms with E-state index < -0.39 is 12.6 Å². The summed E-state index contributed by atoms with van der Waals surface area (Å²) in [5, 5.41) is 5.64. The van der Waals surface area contributed by atoms with Gasteiger partial charge in [0.1, 0.15) is 0 Å². The second kappa shape index (κ2) is 25.3. The van der Waals surface area contributed by atoms with Crippen LogP contribution in [0.25, 0.3) is 43.8 Å². The quantitative estimate of drug-likeness (QED) is 0.105. The third kappa shape index (κ3) is 14.7. The number of alkyl halides is 3. The molecule has 6 aromatic rings. The van der Waals surface area contributed by atoms with E-state index in [9.17, 15) is 13.2 Å². The third-order valence-corrected chi connectivity index (χ3v) is 11.2. The van der Waals surface area contributed by atoms with Crippen LogP contribution in [0.4, 0.5) is 13.2 Å². The molecule has 0 bridgehead atoms. The molecule has 0 spiro atoms. The van der Waals surface area contributed by atoms with Crippen molar-refractivity contribution in [2.75, 3.05) is 0 Å². The van der Waals surface area contributed by atoms with Gasteiger partial charge in [0, 0.05) is 0 Å². The molecule has 0 saturated heterocycles. The summed E-state index contributed by atoms with van der Waals surface area (Å²) in [4.78, 5) is 0. The van der Waals surface area contributed by atoms with Gasteiger partial charge in [-0.3, -0.25) is 0 Å². The average Bonchev–Trinajstić information content (AvgIpc) is 4.04. The van der Waals surface area contributed by atoms with Crippen LogP contribution in [0.3, 0.4) is 0 Å². The van der Waals surface area contributed by atoms with Gasteiger partial charge in [-0.2, -0.15) is 25.3 Å². The molecule has 2 aliphatic rings. The van der Waals surface area contributed by atoms with E-state index in [1.54, 1.807) is 0 Å². The van der Waals surface area contributed by atoms with Crippen molar-refractivity contribution in [2.24, 2.45) is 11.8 Å². The molecule has 0 unspecified atom stereocenters. The van der Waals surface area contributed by atoms with Crippen LogP contribution in [0, 0.1) is 26.2 Å². The molecule has 0 aliphatic heterocycles. The molecule has 2 fully saturated rings. The summed E-state index contributed by atoms with van der Waals surface area (Å²) in [5.41, 5.74) is 11.3. The Bertz CT molecular complexity index is 1880. The Hall–Kier alpha value is -2.43. The summed E-state index contributed by atoms with van der Waals surface area (Å²) in [6.07, 6.45) is 11.1. The Kier molecular flexibility index (Phi) is 22.5. The van der Waals surface area contributed by atoms with Gasteiger partial charge in [0.15, 0.2) is 0 Å². The van der Waals surface area contributed by atoms with Gasteiger partial charge in [-0.05, 0) is 59.8 Å². The van der Waals surface area contributed by atoms with Crippen LogP contribution in [0.2, 0.25) is 0 Å². The molecular weight excluding hydrogens is 848 g/mol. The number of benzene rings is 4. The van der Waals surface area contributed by atoms with Gasteiger partial charge in [-0.15, -0.1) is 93.9 Å². The van der Waals surface area contributed by atoms with E-state index in [4.69, 9.17) is 0 Å². The molecule has 2 aliphatic carbocycles. The SMILES string of the molecule is CCc1ccc(-c2cccc3[cH-]c(CC4CCCC4)cc23)cc1.CCc1ccc(-c2cccc3[cH-]c(CC4CCCC4)cc23)cc1.Cl.Cl.[CH2-]CC(F)(F)F.[CH3-].[Si]=[Zr]. The molecule has 0 N–H and O–H groups in total. The standard InChI is InChI=1S/2C23H25.C3H4F3.CH3.2ClH.Si.Zr/c2*1-2-17-10-12-20(13-11-17)22-9-5-8-21-15-19(16-23(21)22)14-18-6-3-4-7-18;1-2-3(4,5)6;;;;;/h2*5,8-13,15-16,18H,2-4,6-7,14H2,1H3;1-2H2;1H3;2*1H;;/q4*-1;;;;. The molecule has 0 amide bonds. The zero-order valence-corrected chi connectivity index (χ0v) is 39.0. The molecule has 0 aromatic heterocycles. The zero-order chi connectivity index (χ0) is 38.5. The Labute approximate surface area is 370 Å². The first-order chi connectivity index (χ1) is 26.2. The van der Waals surface area contributed by atoms with E-state index in [1.807, 2.05) is 0 Å². The van der Waals surface area contributed by atoms with Crippen molar-refractivity contribution < 1.29 is 36.5 Å². The third-order valence-electron chi connectivity index (χ3n) is 11.2. The van der Waals surface area contributed by atoms with Crippen molar-refractivity contribution >= 4 is 53.2 Å². The van der Waals surface area contributed by atoms with Crippen LogP contribution >= 0.6 is 24.8 Å². The van der Waals surface area contributed by atoms with Crippen molar-refractivity contribution in [3.8, 4) is 22.3 Å². The van der Waals surface area contributed by atoms with Crippen LogP contribution in [0.1, 0.15) is 93.9 Å². The molecule has 0 heterocycles. The fourth-order valence-electron chi connectivity index (χ4n) is 8.27. The van der Waals surface area contributed by atoms with Crippen LogP contribution in [-0.4, -0.2) is 13.1 Å². The summed E-state index contributed by atoms with van der Waals surface area (Å²) >= 11 is 1.36. The van der Waals surface area contributed by atoms with E-state index in [-0.39, 0.29) is 32.2 Å². The van der Waals surface area contributed by atoms with Crippen LogP contribution in [0.15, 0.2) is 109 Å². The molecule has 2 radical (unpaired) electrons. The fourth-order valence-corrected chi connectivity index (χ4v) is 8.27. The summed E-state index contributed by atoms with van der Waals surface area (Å²) in [6.45, 7) is 10.1. The second-order valence-electron chi connectivity index (χ2n) is 15.0. The Morgan fingerprint density at radius 2 is 0.947 bits per heavy atom. The van der Waals surface area contributed by atoms with Gasteiger partial charge in [-0.25, -0.2) is 0 Å². The van der Waals surface area contributed by atoms with Gasteiger partial charge >= 0.3 is 36.4 Å². The average molecular weight is 907 g/mol. The monoisotopic (exact) mass is 904 g/mol. The molecule has 8 rings (SSSR count). The molecule has 2 saturated carbocycles. The number of aryl methyl sites for hydroxylation is 2. The number of rotatable bonds is 8. The number of halogens is 5. The summed E-state index contributed by atoms with van der Waals surface area (Å²) < 4.78 is 32.2. The minimum absolute atomic E-state index is 0. The predicted octanol–water partition coefficient (Wildman–Crippen LogP) is 15.7. The van der Waals surface area contributed by atoms with Crippen molar-refractivity contribution in [3.05, 3.63) is 146 Å². The van der Waals surface area contributed by atoms with E-state index in [0.29, 0.717) is 0 Å². The Balaban J connectivity index is 0.000000318. The van der Waals surface area contributed by atoms with Gasteiger partial charge in [0.05, 0.1) is 0 Å². The van der Waals surface area contributed by atoms with Crippen LogP contribution in [0.5, 0.6) is 0 Å². The maximum absolute atomic E-state index is 10.7.